The predicted octanol–water partition coefficient (Wildman–Crippen LogP) is 1.34. The highest BCUT2D eigenvalue weighted by Crippen LogP contribution is 2.32. The molecule has 4 heterocycles. The molecule has 1 aliphatic rings. The van der Waals surface area contributed by atoms with Crippen molar-refractivity contribution >= 4 is 43.8 Å². The summed E-state index contributed by atoms with van der Waals surface area (Å²) >= 11 is 3.52. The summed E-state index contributed by atoms with van der Waals surface area (Å²) in [5.74, 6) is 0.566. The van der Waals surface area contributed by atoms with Gasteiger partial charge in [-0.15, -0.1) is 0 Å². The number of imidazole rings is 1. The van der Waals surface area contributed by atoms with Crippen molar-refractivity contribution in [2.75, 3.05) is 18.5 Å². The van der Waals surface area contributed by atoms with Gasteiger partial charge in [-0.1, -0.05) is 15.9 Å². The summed E-state index contributed by atoms with van der Waals surface area (Å²) in [6.45, 7) is 0.236. The van der Waals surface area contributed by atoms with Crippen molar-refractivity contribution in [3.05, 3.63) is 47.1 Å². The number of rotatable bonds is 6. The summed E-state index contributed by atoms with van der Waals surface area (Å²) in [4.78, 5) is 16.2. The van der Waals surface area contributed by atoms with Gasteiger partial charge < -0.3 is 30.4 Å². The Morgan fingerprint density at radius 1 is 1.19 bits per heavy atom. The maximum Gasteiger partial charge on any atom is 0.167 e. The molecule has 31 heavy (non-hydrogen) atoms. The summed E-state index contributed by atoms with van der Waals surface area (Å²) in [7, 11) is 0. The van der Waals surface area contributed by atoms with E-state index in [1.807, 2.05) is 18.3 Å². The second-order valence-electron chi connectivity index (χ2n) is 7.46. The highest BCUT2D eigenvalue weighted by molar-refractivity contribution is 9.10. The van der Waals surface area contributed by atoms with Crippen molar-refractivity contribution in [2.45, 2.75) is 31.0 Å². The van der Waals surface area contributed by atoms with E-state index in [9.17, 15) is 15.3 Å². The quantitative estimate of drug-likeness (QED) is 0.273. The smallest absolute Gasteiger partial charge is 0.167 e. The molecule has 0 spiro atoms. The van der Waals surface area contributed by atoms with E-state index >= 15 is 0 Å². The van der Waals surface area contributed by atoms with E-state index in [0.717, 1.165) is 21.8 Å². The number of hydrogen-bond donors (Lipinski definition) is 5. The number of halogens is 1. The van der Waals surface area contributed by atoms with Crippen LogP contribution in [0.25, 0.3) is 22.1 Å². The topological polar surface area (TPSA) is 141 Å². The fourth-order valence-electron chi connectivity index (χ4n) is 3.95. The molecule has 10 nitrogen and oxygen atoms in total. The van der Waals surface area contributed by atoms with Crippen LogP contribution in [0, 0.1) is 0 Å². The van der Waals surface area contributed by atoms with Crippen LogP contribution in [0.2, 0.25) is 0 Å². The van der Waals surface area contributed by atoms with E-state index in [-0.39, 0.29) is 0 Å². The number of aromatic amines is 1. The standard InChI is InChI=1S/C20H21BrN6O4/c21-11-1-2-13-12(5-11)10(6-23-13)3-4-22-18-15-19(25-8-24-18)27(9-26-15)20-17(30)16(29)14(7-28)31-20/h1-2,5-6,8-9,14,16-17,20,23,28-30H,3-4,7H2,(H,22,24,25)/t14-,16-,17-,20-/m1/s1. The Morgan fingerprint density at radius 3 is 2.87 bits per heavy atom. The minimum Gasteiger partial charge on any atom is -0.394 e. The van der Waals surface area contributed by atoms with Gasteiger partial charge in [0.25, 0.3) is 0 Å². The van der Waals surface area contributed by atoms with Crippen molar-refractivity contribution in [3.63, 3.8) is 0 Å². The van der Waals surface area contributed by atoms with Gasteiger partial charge in [0.1, 0.15) is 24.6 Å². The fraction of sp³-hybridized carbons (Fsp3) is 0.350. The highest BCUT2D eigenvalue weighted by atomic mass is 79.9. The Morgan fingerprint density at radius 2 is 2.06 bits per heavy atom. The number of aliphatic hydroxyl groups is 3. The lowest BCUT2D eigenvalue weighted by Gasteiger charge is -2.16. The molecule has 11 heteroatoms. The third-order valence-electron chi connectivity index (χ3n) is 5.57. The number of H-pyrrole nitrogens is 1. The minimum atomic E-state index is -1.21. The van der Waals surface area contributed by atoms with Crippen LogP contribution in [0.5, 0.6) is 0 Å². The predicted molar refractivity (Wildman–Crippen MR) is 117 cm³/mol. The first-order valence-electron chi connectivity index (χ1n) is 9.86. The van der Waals surface area contributed by atoms with Crippen molar-refractivity contribution in [1.82, 2.24) is 24.5 Å². The normalized spacial score (nSPS) is 23.7. The largest absolute Gasteiger partial charge is 0.394 e. The molecule has 162 valence electrons. The van der Waals surface area contributed by atoms with E-state index in [1.165, 1.54) is 18.2 Å². The average molecular weight is 489 g/mol. The van der Waals surface area contributed by atoms with Gasteiger partial charge >= 0.3 is 0 Å². The first kappa shape index (κ1) is 20.3. The second-order valence-corrected chi connectivity index (χ2v) is 8.37. The Balaban J connectivity index is 1.35. The van der Waals surface area contributed by atoms with Gasteiger partial charge in [0, 0.05) is 28.1 Å². The van der Waals surface area contributed by atoms with Gasteiger partial charge in [-0.2, -0.15) is 0 Å². The average Bonchev–Trinajstić information content (AvgIpc) is 3.45. The van der Waals surface area contributed by atoms with Gasteiger partial charge in [-0.05, 0) is 30.2 Å². The van der Waals surface area contributed by atoms with E-state index in [2.05, 4.69) is 47.2 Å². The van der Waals surface area contributed by atoms with E-state index in [0.29, 0.717) is 23.5 Å². The molecule has 1 fully saturated rings. The van der Waals surface area contributed by atoms with Crippen molar-refractivity contribution in [1.29, 1.82) is 0 Å². The zero-order chi connectivity index (χ0) is 21.5. The molecule has 4 atom stereocenters. The van der Waals surface area contributed by atoms with E-state index < -0.39 is 31.1 Å². The zero-order valence-electron chi connectivity index (χ0n) is 16.3. The Bertz CT molecular complexity index is 1230. The van der Waals surface area contributed by atoms with Gasteiger partial charge in [-0.25, -0.2) is 15.0 Å². The highest BCUT2D eigenvalue weighted by Gasteiger charge is 2.44. The molecule has 1 aliphatic heterocycles. The van der Waals surface area contributed by atoms with Gasteiger partial charge in [0.05, 0.1) is 12.9 Å². The van der Waals surface area contributed by atoms with E-state index in [1.54, 1.807) is 4.57 Å². The summed E-state index contributed by atoms with van der Waals surface area (Å²) in [6.07, 6.45) is 1.51. The molecule has 5 N–H and O–H groups in total. The SMILES string of the molecule is OC[C@H]1O[C@@H](n2cnc3c(NCCc4c[nH]c5ccc(Br)cc45)ncnc32)[C@H](O)[C@@H]1O. The van der Waals surface area contributed by atoms with E-state index in [4.69, 9.17) is 4.74 Å². The zero-order valence-corrected chi connectivity index (χ0v) is 17.9. The number of ether oxygens (including phenoxy) is 1. The molecule has 3 aromatic heterocycles. The number of hydrogen-bond acceptors (Lipinski definition) is 8. The molecule has 1 aromatic carbocycles. The summed E-state index contributed by atoms with van der Waals surface area (Å²) in [5.41, 5.74) is 3.26. The van der Waals surface area contributed by atoms with Crippen LogP contribution in [-0.2, 0) is 11.2 Å². The van der Waals surface area contributed by atoms with Crippen LogP contribution < -0.4 is 5.32 Å². The fourth-order valence-corrected chi connectivity index (χ4v) is 4.31. The Hall–Kier alpha value is -2.57. The molecule has 1 saturated heterocycles. The van der Waals surface area contributed by atoms with Crippen LogP contribution >= 0.6 is 15.9 Å². The van der Waals surface area contributed by atoms with Crippen molar-refractivity contribution in [2.24, 2.45) is 0 Å². The Kier molecular flexibility index (Phi) is 5.36. The minimum absolute atomic E-state index is 0.395. The molecular weight excluding hydrogens is 468 g/mol. The number of benzene rings is 1. The third kappa shape index (κ3) is 3.58. The molecule has 0 aliphatic carbocycles. The molecule has 5 rings (SSSR count). The second kappa shape index (κ2) is 8.17. The van der Waals surface area contributed by atoms with Crippen molar-refractivity contribution in [3.8, 4) is 0 Å². The molecule has 0 bridgehead atoms. The lowest BCUT2D eigenvalue weighted by atomic mass is 10.1. The van der Waals surface area contributed by atoms with Crippen LogP contribution in [0.4, 0.5) is 5.82 Å². The lowest BCUT2D eigenvalue weighted by Crippen LogP contribution is -2.33. The number of nitrogens with zero attached hydrogens (tertiary/aromatic N) is 4. The van der Waals surface area contributed by atoms with Gasteiger partial charge in [-0.3, -0.25) is 4.57 Å². The van der Waals surface area contributed by atoms with Crippen LogP contribution in [0.15, 0.2) is 41.5 Å². The number of fused-ring (bicyclic) bond motifs is 2. The molecule has 0 radical (unpaired) electrons. The molecule has 0 unspecified atom stereocenters. The third-order valence-corrected chi connectivity index (χ3v) is 6.06. The maximum absolute atomic E-state index is 10.3. The molecule has 0 saturated carbocycles. The summed E-state index contributed by atoms with van der Waals surface area (Å²) in [5, 5.41) is 34.1. The van der Waals surface area contributed by atoms with Crippen molar-refractivity contribution < 1.29 is 20.1 Å². The molecule has 4 aromatic rings. The van der Waals surface area contributed by atoms with Crippen LogP contribution in [-0.4, -0.2) is 71.3 Å². The monoisotopic (exact) mass is 488 g/mol. The number of anilines is 1. The van der Waals surface area contributed by atoms with Crippen LogP contribution in [0.3, 0.4) is 0 Å². The Labute approximate surface area is 185 Å². The van der Waals surface area contributed by atoms with Gasteiger partial charge in [0.15, 0.2) is 23.2 Å². The first-order valence-corrected chi connectivity index (χ1v) is 10.7. The summed E-state index contributed by atoms with van der Waals surface area (Å²) in [6, 6.07) is 6.13. The summed E-state index contributed by atoms with van der Waals surface area (Å²) < 4.78 is 8.17. The number of nitrogens with one attached hydrogen (secondary N) is 2. The molecular formula is C20H21BrN6O4. The first-order chi connectivity index (χ1) is 15.1. The number of aliphatic hydroxyl groups excluding tert-OH is 3. The molecule has 0 amide bonds. The number of aromatic nitrogens is 5. The lowest BCUT2D eigenvalue weighted by molar-refractivity contribution is -0.0511. The maximum atomic E-state index is 10.3. The van der Waals surface area contributed by atoms with Gasteiger partial charge in [0.2, 0.25) is 0 Å². The van der Waals surface area contributed by atoms with Crippen LogP contribution in [0.1, 0.15) is 11.8 Å².